The molecule has 2 heterocycles. The normalized spacial score (nSPS) is 23.4. The van der Waals surface area contributed by atoms with Gasteiger partial charge in [0.15, 0.2) is 0 Å². The molecular weight excluding hydrogens is 247 g/mol. The van der Waals surface area contributed by atoms with Gasteiger partial charge >= 0.3 is 0 Å². The zero-order valence-electron chi connectivity index (χ0n) is 8.67. The third-order valence-electron chi connectivity index (χ3n) is 3.10. The van der Waals surface area contributed by atoms with E-state index in [9.17, 15) is 0 Å². The molecule has 2 aliphatic heterocycles. The molecule has 1 saturated heterocycles. The second-order valence-electron chi connectivity index (χ2n) is 4.09. The Kier molecular flexibility index (Phi) is 2.62. The predicted octanol–water partition coefficient (Wildman–Crippen LogP) is 2.62. The number of nitrogens with zero attached hydrogens (tertiary/aromatic N) is 1. The first-order valence-electron chi connectivity index (χ1n) is 5.33. The molecule has 0 bridgehead atoms. The van der Waals surface area contributed by atoms with Gasteiger partial charge in [0.25, 0.3) is 0 Å². The van der Waals surface area contributed by atoms with Crippen LogP contribution in [0.5, 0.6) is 0 Å². The molecule has 5 heteroatoms. The highest BCUT2D eigenvalue weighted by Gasteiger charge is 2.29. The van der Waals surface area contributed by atoms with Crippen molar-refractivity contribution in [2.24, 2.45) is 0 Å². The molecule has 0 aliphatic carbocycles. The van der Waals surface area contributed by atoms with E-state index in [0.29, 0.717) is 16.1 Å². The van der Waals surface area contributed by atoms with Crippen LogP contribution in [0.1, 0.15) is 0 Å². The summed E-state index contributed by atoms with van der Waals surface area (Å²) in [5.74, 6) is 0. The number of halogens is 2. The Balaban J connectivity index is 2.04. The summed E-state index contributed by atoms with van der Waals surface area (Å²) in [5, 5.41) is 4.57. The molecule has 1 aromatic rings. The molecule has 0 aromatic heterocycles. The molecule has 0 spiro atoms. The van der Waals surface area contributed by atoms with Crippen LogP contribution in [0.15, 0.2) is 12.1 Å². The minimum Gasteiger partial charge on any atom is -0.381 e. The van der Waals surface area contributed by atoms with Crippen LogP contribution >= 0.6 is 23.2 Å². The second-order valence-corrected chi connectivity index (χ2v) is 4.90. The first-order chi connectivity index (χ1) is 7.75. The van der Waals surface area contributed by atoms with Gasteiger partial charge in [-0.2, -0.15) is 0 Å². The summed E-state index contributed by atoms with van der Waals surface area (Å²) < 4.78 is 5.47. The molecule has 3 rings (SSSR count). The van der Waals surface area contributed by atoms with Gasteiger partial charge in [-0.05, 0) is 12.1 Å². The average molecular weight is 259 g/mol. The van der Waals surface area contributed by atoms with Gasteiger partial charge in [-0.25, -0.2) is 0 Å². The molecule has 16 heavy (non-hydrogen) atoms. The highest BCUT2D eigenvalue weighted by Crippen LogP contribution is 2.38. The number of ether oxygens (including phenoxy) is 1. The molecule has 86 valence electrons. The van der Waals surface area contributed by atoms with Gasteiger partial charge in [0.2, 0.25) is 0 Å². The Hall–Kier alpha value is -0.640. The summed E-state index contributed by atoms with van der Waals surface area (Å²) in [5.41, 5.74) is 2.20. The molecule has 1 fully saturated rings. The van der Waals surface area contributed by atoms with Gasteiger partial charge in [0, 0.05) is 13.1 Å². The Morgan fingerprint density at radius 3 is 3.00 bits per heavy atom. The molecular formula is C11H12Cl2N2O. The van der Waals surface area contributed by atoms with Gasteiger partial charge in [0.1, 0.15) is 0 Å². The molecule has 0 radical (unpaired) electrons. The van der Waals surface area contributed by atoms with Crippen molar-refractivity contribution < 1.29 is 4.74 Å². The largest absolute Gasteiger partial charge is 0.381 e. The number of hydrogen-bond donors (Lipinski definition) is 1. The smallest absolute Gasteiger partial charge is 0.0697 e. The number of rotatable bonds is 0. The highest BCUT2D eigenvalue weighted by molar-refractivity contribution is 6.42. The number of fused-ring (bicyclic) bond motifs is 3. The second kappa shape index (κ2) is 3.99. The maximum atomic E-state index is 6.06. The molecule has 3 nitrogen and oxygen atoms in total. The fourth-order valence-corrected chi connectivity index (χ4v) is 2.61. The van der Waals surface area contributed by atoms with E-state index in [1.54, 1.807) is 0 Å². The van der Waals surface area contributed by atoms with Crippen LogP contribution in [0.25, 0.3) is 0 Å². The number of benzene rings is 1. The van der Waals surface area contributed by atoms with Gasteiger partial charge in [-0.15, -0.1) is 0 Å². The van der Waals surface area contributed by atoms with Crippen LogP contribution < -0.4 is 10.2 Å². The van der Waals surface area contributed by atoms with Crippen molar-refractivity contribution in [1.82, 2.24) is 0 Å². The number of nitrogens with one attached hydrogen (secondary N) is 1. The van der Waals surface area contributed by atoms with Crippen LogP contribution in [-0.4, -0.2) is 32.3 Å². The van der Waals surface area contributed by atoms with Gasteiger partial charge in [-0.1, -0.05) is 23.2 Å². The lowest BCUT2D eigenvalue weighted by atomic mass is 10.1. The van der Waals surface area contributed by atoms with E-state index >= 15 is 0 Å². The summed E-state index contributed by atoms with van der Waals surface area (Å²) >= 11 is 12.1. The quantitative estimate of drug-likeness (QED) is 0.775. The Morgan fingerprint density at radius 2 is 2.12 bits per heavy atom. The maximum Gasteiger partial charge on any atom is 0.0697 e. The Bertz CT molecular complexity index is 425. The van der Waals surface area contributed by atoms with E-state index in [1.807, 2.05) is 12.1 Å². The predicted molar refractivity (Wildman–Crippen MR) is 66.9 cm³/mol. The van der Waals surface area contributed by atoms with Gasteiger partial charge < -0.3 is 15.0 Å². The Labute approximate surface area is 104 Å². The maximum absolute atomic E-state index is 6.06. The zero-order chi connectivity index (χ0) is 11.1. The summed E-state index contributed by atoms with van der Waals surface area (Å²) in [6.07, 6.45) is 0. The lowest BCUT2D eigenvalue weighted by Crippen LogP contribution is -2.51. The van der Waals surface area contributed by atoms with Crippen LogP contribution in [0, 0.1) is 0 Å². The highest BCUT2D eigenvalue weighted by atomic mass is 35.5. The third-order valence-corrected chi connectivity index (χ3v) is 3.83. The molecule has 1 N–H and O–H groups in total. The first kappa shape index (κ1) is 10.5. The lowest BCUT2D eigenvalue weighted by Gasteiger charge is -2.42. The fourth-order valence-electron chi connectivity index (χ4n) is 2.28. The van der Waals surface area contributed by atoms with E-state index in [2.05, 4.69) is 10.2 Å². The summed E-state index contributed by atoms with van der Waals surface area (Å²) in [4.78, 5) is 2.34. The SMILES string of the molecule is Clc1cc2c(cc1Cl)N1CCOCC1CN2. The van der Waals surface area contributed by atoms with E-state index in [4.69, 9.17) is 27.9 Å². The van der Waals surface area contributed by atoms with E-state index < -0.39 is 0 Å². The van der Waals surface area contributed by atoms with Crippen molar-refractivity contribution in [3.8, 4) is 0 Å². The van der Waals surface area contributed by atoms with E-state index in [1.165, 1.54) is 0 Å². The van der Waals surface area contributed by atoms with E-state index in [-0.39, 0.29) is 0 Å². The molecule has 1 unspecified atom stereocenters. The van der Waals surface area contributed by atoms with Crippen molar-refractivity contribution >= 4 is 34.6 Å². The van der Waals surface area contributed by atoms with Gasteiger partial charge in [-0.3, -0.25) is 0 Å². The molecule has 0 saturated carbocycles. The topological polar surface area (TPSA) is 24.5 Å². The summed E-state index contributed by atoms with van der Waals surface area (Å²) in [6.45, 7) is 3.35. The molecule has 0 amide bonds. The third kappa shape index (κ3) is 1.63. The van der Waals surface area contributed by atoms with Crippen LogP contribution in [-0.2, 0) is 4.74 Å². The minimum absolute atomic E-state index is 0.401. The zero-order valence-corrected chi connectivity index (χ0v) is 10.2. The van der Waals surface area contributed by atoms with Crippen molar-refractivity contribution in [1.29, 1.82) is 0 Å². The van der Waals surface area contributed by atoms with Crippen molar-refractivity contribution in [3.63, 3.8) is 0 Å². The molecule has 2 aliphatic rings. The van der Waals surface area contributed by atoms with Gasteiger partial charge in [0.05, 0.1) is 40.7 Å². The molecule has 1 atom stereocenters. The van der Waals surface area contributed by atoms with Crippen LogP contribution in [0.2, 0.25) is 10.0 Å². The number of hydrogen-bond acceptors (Lipinski definition) is 3. The van der Waals surface area contributed by atoms with Crippen molar-refractivity contribution in [2.45, 2.75) is 6.04 Å². The standard InChI is InChI=1S/C11H12Cl2N2O/c12-8-3-10-11(4-9(8)13)15-1-2-16-6-7(15)5-14-10/h3-4,7,14H,1-2,5-6H2. The summed E-state index contributed by atoms with van der Waals surface area (Å²) in [6, 6.07) is 4.23. The number of anilines is 2. The number of morpholine rings is 1. The average Bonchev–Trinajstić information content (AvgIpc) is 2.31. The minimum atomic E-state index is 0.401. The monoisotopic (exact) mass is 258 g/mol. The Morgan fingerprint density at radius 1 is 1.31 bits per heavy atom. The van der Waals surface area contributed by atoms with Crippen LogP contribution in [0.4, 0.5) is 11.4 Å². The molecule has 1 aromatic carbocycles. The van der Waals surface area contributed by atoms with Crippen LogP contribution in [0.3, 0.4) is 0 Å². The first-order valence-corrected chi connectivity index (χ1v) is 6.08. The van der Waals surface area contributed by atoms with Crippen molar-refractivity contribution in [2.75, 3.05) is 36.5 Å². The van der Waals surface area contributed by atoms with E-state index in [0.717, 1.165) is 37.7 Å². The lowest BCUT2D eigenvalue weighted by molar-refractivity contribution is 0.0964. The summed E-state index contributed by atoms with van der Waals surface area (Å²) in [7, 11) is 0. The van der Waals surface area contributed by atoms with Crippen molar-refractivity contribution in [3.05, 3.63) is 22.2 Å². The fraction of sp³-hybridized carbons (Fsp3) is 0.455.